The Labute approximate surface area is 116 Å². The van der Waals surface area contributed by atoms with E-state index in [-0.39, 0.29) is 0 Å². The molecule has 0 amide bonds. The highest BCUT2D eigenvalue weighted by molar-refractivity contribution is 5.93. The summed E-state index contributed by atoms with van der Waals surface area (Å²) in [6.07, 6.45) is 1.02. The van der Waals surface area contributed by atoms with Gasteiger partial charge >= 0.3 is 0 Å². The van der Waals surface area contributed by atoms with Crippen molar-refractivity contribution >= 4 is 16.6 Å². The number of benzene rings is 1. The molecule has 0 bridgehead atoms. The van der Waals surface area contributed by atoms with Gasteiger partial charge in [-0.25, -0.2) is 0 Å². The van der Waals surface area contributed by atoms with Crippen LogP contribution in [0.3, 0.4) is 0 Å². The summed E-state index contributed by atoms with van der Waals surface area (Å²) in [6, 6.07) is 8.66. The average molecular weight is 256 g/mol. The van der Waals surface area contributed by atoms with Gasteiger partial charge in [0.1, 0.15) is 0 Å². The number of rotatable bonds is 4. The van der Waals surface area contributed by atoms with Crippen LogP contribution < -0.4 is 5.32 Å². The molecule has 19 heavy (non-hydrogen) atoms. The fourth-order valence-corrected chi connectivity index (χ4v) is 2.52. The number of fused-ring (bicyclic) bond motifs is 1. The molecule has 0 unspecified atom stereocenters. The molecule has 0 saturated carbocycles. The Balaban J connectivity index is 2.67. The van der Waals surface area contributed by atoms with E-state index in [2.05, 4.69) is 57.3 Å². The van der Waals surface area contributed by atoms with Gasteiger partial charge in [-0.3, -0.25) is 4.98 Å². The standard InChI is InChI=1S/C17H24N2/c1-11(2)9-13-10-16(18-5)15-8-6-7-14(12(3)4)17(15)19-13/h6-8,10-12H,9H2,1-5H3,(H,18,19). The quantitative estimate of drug-likeness (QED) is 0.864. The number of nitrogens with one attached hydrogen (secondary N) is 1. The zero-order valence-electron chi connectivity index (χ0n) is 12.6. The molecule has 0 atom stereocenters. The Morgan fingerprint density at radius 1 is 1.16 bits per heavy atom. The molecule has 1 aromatic heterocycles. The first kappa shape index (κ1) is 13.9. The van der Waals surface area contributed by atoms with Gasteiger partial charge in [0.05, 0.1) is 5.52 Å². The molecule has 0 saturated heterocycles. The maximum Gasteiger partial charge on any atom is 0.0760 e. The number of nitrogens with zero attached hydrogens (tertiary/aromatic N) is 1. The van der Waals surface area contributed by atoms with Crippen LogP contribution in [-0.2, 0) is 6.42 Å². The molecule has 0 fully saturated rings. The predicted molar refractivity (Wildman–Crippen MR) is 83.9 cm³/mol. The minimum Gasteiger partial charge on any atom is -0.388 e. The largest absolute Gasteiger partial charge is 0.388 e. The molecule has 0 aliphatic carbocycles. The third kappa shape index (κ3) is 2.89. The zero-order chi connectivity index (χ0) is 14.0. The summed E-state index contributed by atoms with van der Waals surface area (Å²) in [6.45, 7) is 8.92. The van der Waals surface area contributed by atoms with Crippen molar-refractivity contribution in [3.05, 3.63) is 35.5 Å². The van der Waals surface area contributed by atoms with Crippen LogP contribution in [0.15, 0.2) is 24.3 Å². The fraction of sp³-hybridized carbons (Fsp3) is 0.471. The van der Waals surface area contributed by atoms with E-state index in [9.17, 15) is 0 Å². The van der Waals surface area contributed by atoms with Crippen molar-refractivity contribution in [2.24, 2.45) is 5.92 Å². The molecule has 2 rings (SSSR count). The summed E-state index contributed by atoms with van der Waals surface area (Å²) in [7, 11) is 1.98. The molecule has 2 nitrogen and oxygen atoms in total. The van der Waals surface area contributed by atoms with E-state index in [1.165, 1.54) is 22.3 Å². The summed E-state index contributed by atoms with van der Waals surface area (Å²) in [5.41, 5.74) is 4.85. The number of hydrogen-bond acceptors (Lipinski definition) is 2. The molecular weight excluding hydrogens is 232 g/mol. The molecule has 102 valence electrons. The van der Waals surface area contributed by atoms with E-state index in [0.29, 0.717) is 11.8 Å². The van der Waals surface area contributed by atoms with E-state index in [4.69, 9.17) is 4.98 Å². The summed E-state index contributed by atoms with van der Waals surface area (Å²) in [5, 5.41) is 4.53. The normalized spacial score (nSPS) is 11.5. The van der Waals surface area contributed by atoms with Crippen LogP contribution in [0, 0.1) is 5.92 Å². The third-order valence-electron chi connectivity index (χ3n) is 3.43. The molecule has 0 aliphatic heterocycles. The summed E-state index contributed by atoms with van der Waals surface area (Å²) < 4.78 is 0. The minimum absolute atomic E-state index is 0.496. The lowest BCUT2D eigenvalue weighted by molar-refractivity contribution is 0.637. The topological polar surface area (TPSA) is 24.9 Å². The van der Waals surface area contributed by atoms with Crippen molar-refractivity contribution in [3.63, 3.8) is 0 Å². The highest BCUT2D eigenvalue weighted by Crippen LogP contribution is 2.29. The van der Waals surface area contributed by atoms with E-state index in [0.717, 1.165) is 11.9 Å². The molecular formula is C17H24N2. The van der Waals surface area contributed by atoms with E-state index in [1.807, 2.05) is 7.05 Å². The molecule has 2 heteroatoms. The average Bonchev–Trinajstić information content (AvgIpc) is 2.36. The van der Waals surface area contributed by atoms with E-state index in [1.54, 1.807) is 0 Å². The van der Waals surface area contributed by atoms with E-state index < -0.39 is 0 Å². The lowest BCUT2D eigenvalue weighted by Crippen LogP contribution is -2.02. The first-order valence-electron chi connectivity index (χ1n) is 7.13. The highest BCUT2D eigenvalue weighted by atomic mass is 14.8. The minimum atomic E-state index is 0.496. The first-order chi connectivity index (χ1) is 9.02. The Morgan fingerprint density at radius 2 is 1.89 bits per heavy atom. The van der Waals surface area contributed by atoms with Gasteiger partial charge < -0.3 is 5.32 Å². The van der Waals surface area contributed by atoms with Gasteiger partial charge in [-0.05, 0) is 29.9 Å². The summed E-state index contributed by atoms with van der Waals surface area (Å²) in [4.78, 5) is 4.91. The molecule has 0 radical (unpaired) electrons. The van der Waals surface area contributed by atoms with Gasteiger partial charge in [-0.15, -0.1) is 0 Å². The van der Waals surface area contributed by atoms with Crippen molar-refractivity contribution in [2.45, 2.75) is 40.0 Å². The van der Waals surface area contributed by atoms with Crippen molar-refractivity contribution < 1.29 is 0 Å². The van der Waals surface area contributed by atoms with Crippen molar-refractivity contribution in [3.8, 4) is 0 Å². The number of hydrogen-bond donors (Lipinski definition) is 1. The maximum absolute atomic E-state index is 4.91. The van der Waals surface area contributed by atoms with Gasteiger partial charge in [0.2, 0.25) is 0 Å². The Bertz CT molecular complexity index is 571. The molecule has 0 spiro atoms. The number of aromatic nitrogens is 1. The van der Waals surface area contributed by atoms with E-state index >= 15 is 0 Å². The molecule has 1 N–H and O–H groups in total. The zero-order valence-corrected chi connectivity index (χ0v) is 12.6. The Hall–Kier alpha value is -1.57. The molecule has 1 heterocycles. The Morgan fingerprint density at radius 3 is 2.47 bits per heavy atom. The molecule has 0 aliphatic rings. The van der Waals surface area contributed by atoms with Crippen LogP contribution in [0.1, 0.15) is 44.9 Å². The van der Waals surface area contributed by atoms with Gasteiger partial charge in [0.15, 0.2) is 0 Å². The number of pyridine rings is 1. The summed E-state index contributed by atoms with van der Waals surface area (Å²) in [5.74, 6) is 1.12. The first-order valence-corrected chi connectivity index (χ1v) is 7.13. The maximum atomic E-state index is 4.91. The van der Waals surface area contributed by atoms with Crippen molar-refractivity contribution in [1.29, 1.82) is 0 Å². The summed E-state index contributed by atoms with van der Waals surface area (Å²) >= 11 is 0. The fourth-order valence-electron chi connectivity index (χ4n) is 2.52. The molecule has 1 aromatic carbocycles. The van der Waals surface area contributed by atoms with Crippen LogP contribution in [-0.4, -0.2) is 12.0 Å². The number of para-hydroxylation sites is 1. The highest BCUT2D eigenvalue weighted by Gasteiger charge is 2.11. The number of anilines is 1. The van der Waals surface area contributed by atoms with Gasteiger partial charge in [0, 0.05) is 23.8 Å². The predicted octanol–water partition coefficient (Wildman–Crippen LogP) is 4.60. The van der Waals surface area contributed by atoms with Crippen LogP contribution in [0.2, 0.25) is 0 Å². The second kappa shape index (κ2) is 5.60. The van der Waals surface area contributed by atoms with Crippen LogP contribution >= 0.6 is 0 Å². The lowest BCUT2D eigenvalue weighted by atomic mass is 9.97. The third-order valence-corrected chi connectivity index (χ3v) is 3.43. The second-order valence-corrected chi connectivity index (χ2v) is 5.91. The van der Waals surface area contributed by atoms with Crippen LogP contribution in [0.4, 0.5) is 5.69 Å². The monoisotopic (exact) mass is 256 g/mol. The Kier molecular flexibility index (Phi) is 4.08. The van der Waals surface area contributed by atoms with Gasteiger partial charge in [-0.2, -0.15) is 0 Å². The second-order valence-electron chi connectivity index (χ2n) is 5.91. The van der Waals surface area contributed by atoms with Crippen LogP contribution in [0.5, 0.6) is 0 Å². The van der Waals surface area contributed by atoms with Crippen LogP contribution in [0.25, 0.3) is 10.9 Å². The smallest absolute Gasteiger partial charge is 0.0760 e. The lowest BCUT2D eigenvalue weighted by Gasteiger charge is -2.15. The van der Waals surface area contributed by atoms with Gasteiger partial charge in [0.25, 0.3) is 0 Å². The van der Waals surface area contributed by atoms with Crippen molar-refractivity contribution in [2.75, 3.05) is 12.4 Å². The van der Waals surface area contributed by atoms with Crippen molar-refractivity contribution in [1.82, 2.24) is 4.98 Å². The molecule has 2 aromatic rings. The van der Waals surface area contributed by atoms with Gasteiger partial charge in [-0.1, -0.05) is 45.9 Å². The SMILES string of the molecule is CNc1cc(CC(C)C)nc2c(C(C)C)cccc12.